The number of β-amino-alcohol motifs (C(OH)–C–C–N with tert-alkyl or cyclic N) is 1. The molecule has 2 aliphatic heterocycles. The first-order chi connectivity index (χ1) is 31.4. The predicted molar refractivity (Wildman–Crippen MR) is 234 cm³/mol. The van der Waals surface area contributed by atoms with Crippen molar-refractivity contribution < 1.29 is 56.1 Å². The van der Waals surface area contributed by atoms with E-state index in [0.717, 1.165) is 5.56 Å². The maximum Gasteiger partial charge on any atom is 0.405 e. The number of aromatic nitrogens is 1. The van der Waals surface area contributed by atoms with E-state index in [0.29, 0.717) is 40.5 Å². The number of carbonyl (C=O) groups is 2. The molecule has 3 heterocycles. The van der Waals surface area contributed by atoms with Gasteiger partial charge in [0.25, 0.3) is 0 Å². The van der Waals surface area contributed by atoms with E-state index in [1.165, 1.54) is 30.5 Å². The molecule has 2 amide bonds. The van der Waals surface area contributed by atoms with Crippen molar-refractivity contribution in [3.05, 3.63) is 144 Å². The Morgan fingerprint density at radius 3 is 2.33 bits per heavy atom. The van der Waals surface area contributed by atoms with E-state index >= 15 is 0 Å². The van der Waals surface area contributed by atoms with Gasteiger partial charge in [-0.2, -0.15) is 13.2 Å². The summed E-state index contributed by atoms with van der Waals surface area (Å²) in [7, 11) is 0. The summed E-state index contributed by atoms with van der Waals surface area (Å²) in [6, 6.07) is 26.2. The molecule has 66 heavy (non-hydrogen) atoms. The summed E-state index contributed by atoms with van der Waals surface area (Å²) in [4.78, 5) is 35.3. The molecule has 0 bridgehead atoms. The number of alkyl halides is 3. The van der Waals surface area contributed by atoms with Crippen molar-refractivity contribution in [3.63, 3.8) is 0 Å². The SMILES string of the molecule is C/C(=N\O)c1cccc(F)c1.CC(C)(c1ncc(-c2cccc(F)c2)o1)N1CCN(C[C@@H](O)C[C@@H](Cc2ccccc2)C(=O)N[C@H]2c3ccccc3OC[C@H]2O)[C@H](C(=O)NCC(F)(F)F)C1. The molecule has 0 unspecified atom stereocenters. The summed E-state index contributed by atoms with van der Waals surface area (Å²) in [6.07, 6.45) is -5.13. The minimum absolute atomic E-state index is 0.0152. The number of ether oxygens (including phenoxy) is 1. The lowest BCUT2D eigenvalue weighted by atomic mass is 9.90. The Hall–Kier alpha value is -6.21. The van der Waals surface area contributed by atoms with Crippen molar-refractivity contribution in [1.82, 2.24) is 25.4 Å². The summed E-state index contributed by atoms with van der Waals surface area (Å²) in [5.41, 5.74) is 2.00. The zero-order valence-corrected chi connectivity index (χ0v) is 36.6. The normalized spacial score (nSPS) is 19.1. The minimum atomic E-state index is -4.64. The monoisotopic (exact) mass is 920 g/mol. The molecule has 13 nitrogen and oxygen atoms in total. The third-order valence-corrected chi connectivity index (χ3v) is 11.6. The number of fused-ring (bicyclic) bond motifs is 1. The fourth-order valence-corrected chi connectivity index (χ4v) is 7.99. The molecule has 4 aromatic carbocycles. The number of benzene rings is 4. The summed E-state index contributed by atoms with van der Waals surface area (Å²) in [6.45, 7) is 4.05. The lowest BCUT2D eigenvalue weighted by Crippen LogP contribution is -2.63. The van der Waals surface area contributed by atoms with Gasteiger partial charge in [-0.05, 0) is 69.5 Å². The number of aliphatic hydroxyl groups excluding tert-OH is 2. The third-order valence-electron chi connectivity index (χ3n) is 11.6. The molecule has 5 aromatic rings. The van der Waals surface area contributed by atoms with Crippen molar-refractivity contribution in [2.45, 2.75) is 69.6 Å². The second-order valence-corrected chi connectivity index (χ2v) is 16.8. The van der Waals surface area contributed by atoms with Gasteiger partial charge in [-0.3, -0.25) is 19.4 Å². The lowest BCUT2D eigenvalue weighted by Gasteiger charge is -2.46. The Morgan fingerprint density at radius 2 is 1.64 bits per heavy atom. The lowest BCUT2D eigenvalue weighted by molar-refractivity contribution is -0.144. The van der Waals surface area contributed by atoms with E-state index in [-0.39, 0.29) is 50.8 Å². The van der Waals surface area contributed by atoms with Crippen molar-refractivity contribution in [1.29, 1.82) is 0 Å². The standard InChI is InChI=1S/C40H45F4N5O6.C8H8FNO/c1-39(2,38-45-20-34(55-38)26-11-8-12-28(41)18-26)49-16-15-48(31(22-49)37(53)46-24-40(42,43)44)21-29(50)19-27(17-25-9-4-3-5-10-25)36(52)47-35-30-13-6-7-14-33(30)54-23-32(35)51;1-6(10-11)7-3-2-4-8(9)5-7/h3-14,18,20,27,29,31-32,35,50-51H,15-17,19,21-24H2,1-2H3,(H,46,53)(H,47,52);2-5,11H,1H3/b;10-6+/t27-,29+,31+,32-,35+;/m1./s1. The zero-order valence-electron chi connectivity index (χ0n) is 36.6. The number of halogens is 5. The Bertz CT molecular complexity index is 2430. The molecule has 0 saturated carbocycles. The number of carbonyl (C=O) groups excluding carboxylic acids is 2. The first kappa shape index (κ1) is 49.2. The van der Waals surface area contributed by atoms with Crippen LogP contribution in [0.3, 0.4) is 0 Å². The summed E-state index contributed by atoms with van der Waals surface area (Å²) in [5, 5.41) is 38.6. The second-order valence-electron chi connectivity index (χ2n) is 16.8. The van der Waals surface area contributed by atoms with Crippen LogP contribution in [-0.4, -0.2) is 111 Å². The molecule has 5 atom stereocenters. The maximum absolute atomic E-state index is 13.9. The highest BCUT2D eigenvalue weighted by molar-refractivity contribution is 5.98. The van der Waals surface area contributed by atoms with Gasteiger partial charge in [0.15, 0.2) is 5.76 Å². The van der Waals surface area contributed by atoms with Gasteiger partial charge in [0.2, 0.25) is 17.7 Å². The number of amides is 2. The molecule has 1 saturated heterocycles. The van der Waals surface area contributed by atoms with Gasteiger partial charge in [0.1, 0.15) is 42.7 Å². The van der Waals surface area contributed by atoms with Crippen molar-refractivity contribution in [2.24, 2.45) is 11.1 Å². The van der Waals surface area contributed by atoms with E-state index in [2.05, 4.69) is 15.5 Å². The first-order valence-corrected chi connectivity index (χ1v) is 21.3. The average Bonchev–Trinajstić information content (AvgIpc) is 3.81. The summed E-state index contributed by atoms with van der Waals surface area (Å²) >= 11 is 0. The van der Waals surface area contributed by atoms with Crippen LogP contribution in [0.4, 0.5) is 22.0 Å². The largest absolute Gasteiger partial charge is 0.490 e. The number of rotatable bonds is 14. The third kappa shape index (κ3) is 13.0. The average molecular weight is 921 g/mol. The van der Waals surface area contributed by atoms with Crippen molar-refractivity contribution in [3.8, 4) is 17.1 Å². The van der Waals surface area contributed by atoms with E-state index in [4.69, 9.17) is 14.4 Å². The second kappa shape index (κ2) is 21.9. The maximum atomic E-state index is 13.9. The molecule has 352 valence electrons. The van der Waals surface area contributed by atoms with E-state index in [9.17, 15) is 41.8 Å². The van der Waals surface area contributed by atoms with Crippen LogP contribution >= 0.6 is 0 Å². The number of piperazine rings is 1. The van der Waals surface area contributed by atoms with Gasteiger partial charge in [-0.25, -0.2) is 13.8 Å². The number of aliphatic hydroxyl groups is 2. The Labute approximate surface area is 378 Å². The van der Waals surface area contributed by atoms with Crippen LogP contribution in [0, 0.1) is 17.6 Å². The molecule has 5 N–H and O–H groups in total. The fourth-order valence-electron chi connectivity index (χ4n) is 7.99. The molecule has 0 aliphatic carbocycles. The van der Waals surface area contributed by atoms with Crippen LogP contribution in [0.15, 0.2) is 119 Å². The molecule has 18 heteroatoms. The highest BCUT2D eigenvalue weighted by Gasteiger charge is 2.43. The molecule has 2 aliphatic rings. The van der Waals surface area contributed by atoms with Gasteiger partial charge >= 0.3 is 6.18 Å². The number of hydrogen-bond acceptors (Lipinski definition) is 11. The Morgan fingerprint density at radius 1 is 0.939 bits per heavy atom. The minimum Gasteiger partial charge on any atom is -0.490 e. The van der Waals surface area contributed by atoms with Gasteiger partial charge in [0, 0.05) is 48.8 Å². The number of oxazole rings is 1. The molecule has 1 aromatic heterocycles. The van der Waals surface area contributed by atoms with Gasteiger partial charge in [-0.1, -0.05) is 78.0 Å². The number of hydrogen-bond donors (Lipinski definition) is 5. The van der Waals surface area contributed by atoms with Crippen molar-refractivity contribution in [2.75, 3.05) is 39.3 Å². The fraction of sp³-hybridized carbons (Fsp3) is 0.375. The summed E-state index contributed by atoms with van der Waals surface area (Å²) < 4.78 is 77.8. The number of nitrogens with zero attached hydrogens (tertiary/aromatic N) is 4. The molecule has 7 rings (SSSR count). The zero-order chi connectivity index (χ0) is 47.6. The topological polar surface area (TPSA) is 173 Å². The van der Waals surface area contributed by atoms with E-state index < -0.39 is 66.1 Å². The van der Waals surface area contributed by atoms with Crippen LogP contribution in [0.1, 0.15) is 55.8 Å². The van der Waals surface area contributed by atoms with Crippen LogP contribution in [-0.2, 0) is 21.5 Å². The number of para-hydroxylation sites is 1. The molecule has 0 radical (unpaired) electrons. The van der Waals surface area contributed by atoms with Crippen LogP contribution in [0.25, 0.3) is 11.3 Å². The molecule has 1 fully saturated rings. The summed E-state index contributed by atoms with van der Waals surface area (Å²) in [5.74, 6) is -1.68. The van der Waals surface area contributed by atoms with Crippen LogP contribution in [0.5, 0.6) is 5.75 Å². The van der Waals surface area contributed by atoms with Crippen molar-refractivity contribution >= 4 is 17.5 Å². The van der Waals surface area contributed by atoms with Gasteiger partial charge in [0.05, 0.1) is 29.6 Å². The highest BCUT2D eigenvalue weighted by Crippen LogP contribution is 2.34. The quantitative estimate of drug-likeness (QED) is 0.0353. The first-order valence-electron chi connectivity index (χ1n) is 21.3. The van der Waals surface area contributed by atoms with E-state index in [1.807, 2.05) is 54.4 Å². The van der Waals surface area contributed by atoms with Gasteiger partial charge < -0.3 is 35.2 Å². The number of oxime groups is 1. The van der Waals surface area contributed by atoms with E-state index in [1.54, 1.807) is 60.4 Å². The Kier molecular flexibility index (Phi) is 16.3. The number of nitrogens with one attached hydrogen (secondary N) is 2. The van der Waals surface area contributed by atoms with Gasteiger partial charge in [-0.15, -0.1) is 0 Å². The predicted octanol–water partition coefficient (Wildman–Crippen LogP) is 6.63. The molecular formula is C48H53F5N6O7. The smallest absolute Gasteiger partial charge is 0.405 e. The molecular weight excluding hydrogens is 868 g/mol. The van der Waals surface area contributed by atoms with Crippen LogP contribution in [0.2, 0.25) is 0 Å². The van der Waals surface area contributed by atoms with Crippen LogP contribution < -0.4 is 15.4 Å². The molecule has 0 spiro atoms. The Balaban J connectivity index is 0.000000574. The highest BCUT2D eigenvalue weighted by atomic mass is 19.4.